The Hall–Kier alpha value is -3.38. The molecule has 0 amide bonds. The van der Waals surface area contributed by atoms with Gasteiger partial charge in [-0.25, -0.2) is 0 Å². The molecule has 122 heavy (non-hydrogen) atoms. The monoisotopic (exact) mass is 1710 g/mol. The van der Waals surface area contributed by atoms with Crippen LogP contribution in [0.2, 0.25) is 0 Å². The summed E-state index contributed by atoms with van der Waals surface area (Å²) in [7, 11) is 0. The lowest BCUT2D eigenvalue weighted by molar-refractivity contribution is 0.208. The molecule has 0 aliphatic heterocycles. The first-order valence-electron chi connectivity index (χ1n) is 46.8. The van der Waals surface area contributed by atoms with Gasteiger partial charge in [-0.15, -0.1) is 0 Å². The van der Waals surface area contributed by atoms with Gasteiger partial charge in [-0.05, 0) is 299 Å². The predicted molar refractivity (Wildman–Crippen MR) is 584 cm³/mol. The Balaban J connectivity index is -0.000000123. The van der Waals surface area contributed by atoms with Crippen LogP contribution in [-0.2, 0) is 0 Å². The molecule has 0 aromatic heterocycles. The van der Waals surface area contributed by atoms with Crippen LogP contribution in [0.15, 0.2) is 157 Å². The van der Waals surface area contributed by atoms with Crippen LogP contribution >= 0.6 is 0 Å². The largest absolute Gasteiger partial charge is 0.0885 e. The molecule has 0 saturated heterocycles. The van der Waals surface area contributed by atoms with Crippen LogP contribution in [0.1, 0.15) is 509 Å². The lowest BCUT2D eigenvalue weighted by atomic mass is 9.74. The molecule has 0 nitrogen and oxygen atoms in total. The van der Waals surface area contributed by atoms with Crippen molar-refractivity contribution < 1.29 is 0 Å². The van der Waals surface area contributed by atoms with E-state index >= 15 is 0 Å². The fraction of sp³-hybridized carbons (Fsp3) is 0.787. The zero-order valence-corrected chi connectivity index (χ0v) is 81.1. The Morgan fingerprint density at radius 1 is 0.180 bits per heavy atom. The van der Waals surface area contributed by atoms with Gasteiger partial charge >= 0.3 is 0 Å². The van der Waals surface area contributed by atoms with Crippen molar-refractivity contribution in [1.82, 2.24) is 0 Å². The van der Waals surface area contributed by atoms with Crippen molar-refractivity contribution in [2.75, 3.05) is 0 Å². The molecular formula is C122H240. The molecule has 0 saturated carbocycles. The highest BCUT2D eigenvalue weighted by Gasteiger charge is 2.31. The molecule has 0 aromatic rings. The van der Waals surface area contributed by atoms with E-state index in [1.54, 1.807) is 5.57 Å². The average molecular weight is 1710 g/mol. The van der Waals surface area contributed by atoms with Crippen molar-refractivity contribution in [2.45, 2.75) is 509 Å². The molecular weight excluding hydrogens is 1470 g/mol. The van der Waals surface area contributed by atoms with Gasteiger partial charge < -0.3 is 0 Å². The molecule has 0 spiro atoms. The summed E-state index contributed by atoms with van der Waals surface area (Å²) in [6.45, 7) is 76.7. The first kappa shape index (κ1) is 142. The third kappa shape index (κ3) is 67.8. The van der Waals surface area contributed by atoms with Crippen LogP contribution in [0.5, 0.6) is 0 Å². The number of hydrogen-bond donors (Lipinski definition) is 0. The van der Waals surface area contributed by atoms with Gasteiger partial charge in [0.2, 0.25) is 0 Å². The highest BCUT2D eigenvalue weighted by molar-refractivity contribution is 5.19. The van der Waals surface area contributed by atoms with Crippen LogP contribution in [0.4, 0.5) is 0 Å². The normalized spacial score (nSPS) is 23.7. The second kappa shape index (κ2) is 69.6. The van der Waals surface area contributed by atoms with Gasteiger partial charge in [0, 0.05) is 0 Å². The lowest BCUT2D eigenvalue weighted by Crippen LogP contribution is -2.21. The minimum atomic E-state index is 0. The van der Waals surface area contributed by atoms with Crippen molar-refractivity contribution in [3.05, 3.63) is 157 Å². The van der Waals surface area contributed by atoms with E-state index in [1.165, 1.54) is 199 Å². The van der Waals surface area contributed by atoms with E-state index in [0.717, 1.165) is 59.2 Å². The Morgan fingerprint density at radius 2 is 0.451 bits per heavy atom. The summed E-state index contributed by atoms with van der Waals surface area (Å²) in [6.07, 6.45) is 99.3. The lowest BCUT2D eigenvalue weighted by Gasteiger charge is -2.31. The molecule has 0 bridgehead atoms. The summed E-state index contributed by atoms with van der Waals surface area (Å²) in [5.74, 6) is 8.33. The zero-order valence-electron chi connectivity index (χ0n) is 81.1. The van der Waals surface area contributed by atoms with Gasteiger partial charge in [0.25, 0.3) is 0 Å². The number of hydrogen-bond acceptors (Lipinski definition) is 0. The molecule has 728 valence electrons. The van der Waals surface area contributed by atoms with Gasteiger partial charge in [-0.3, -0.25) is 0 Å². The van der Waals surface area contributed by atoms with Crippen molar-refractivity contribution in [3.8, 4) is 0 Å². The van der Waals surface area contributed by atoms with Crippen molar-refractivity contribution in [2.24, 2.45) is 119 Å². The van der Waals surface area contributed by atoms with E-state index < -0.39 is 0 Å². The van der Waals surface area contributed by atoms with Crippen LogP contribution < -0.4 is 0 Å². The number of allylic oxidation sites excluding steroid dienone is 26. The minimum absolute atomic E-state index is 0. The van der Waals surface area contributed by atoms with E-state index in [9.17, 15) is 0 Å². The van der Waals surface area contributed by atoms with Gasteiger partial charge in [0.05, 0.1) is 0 Å². The zero-order chi connectivity index (χ0) is 84.4. The predicted octanol–water partition coefficient (Wildman–Crippen LogP) is 44.4. The van der Waals surface area contributed by atoms with E-state index in [2.05, 4.69) is 380 Å². The summed E-state index contributed by atoms with van der Waals surface area (Å²) < 4.78 is 0. The summed E-state index contributed by atoms with van der Waals surface area (Å²) in [4.78, 5) is 0. The highest BCUT2D eigenvalue weighted by atomic mass is 14.4. The third-order valence-electron chi connectivity index (χ3n) is 26.0. The van der Waals surface area contributed by atoms with Gasteiger partial charge in [0.1, 0.15) is 0 Å². The molecule has 0 heteroatoms. The van der Waals surface area contributed by atoms with E-state index in [-0.39, 0.29) is 81.7 Å². The fourth-order valence-electron chi connectivity index (χ4n) is 16.2. The maximum atomic E-state index is 2.44. The molecule has 9 atom stereocenters. The summed E-state index contributed by atoms with van der Waals surface area (Å²) in [5, 5.41) is 0. The summed E-state index contributed by atoms with van der Waals surface area (Å²) >= 11 is 0. The first-order valence-corrected chi connectivity index (χ1v) is 46.8. The van der Waals surface area contributed by atoms with E-state index in [1.807, 2.05) is 0 Å². The molecule has 11 aliphatic carbocycles. The number of rotatable bonds is 0. The SMILES string of the molecule is C.C.C.C.C.C.C.C.C.C.C.CC(C)(C)C1/C=C\CCCCC1.CC(C)(C)C1=CCC1.CC(C)(C)C1C=CC1.CC(C)(C)C1C=CC=CC1.CC(C)(C)C1C=CC=CCC1.CC(C)(C)C1C=CCC1.CC(C)(C)C1C=CCCC1.CC(C)(C)C1C=CCCCC1.CC(C)(C)C1CC/C=C\CCC1.CC(C)(C)C1CC=CC1.CC(C)(C)C1CC=CCCC1. The summed E-state index contributed by atoms with van der Waals surface area (Å²) in [5.41, 5.74) is 6.93. The van der Waals surface area contributed by atoms with E-state index in [0.29, 0.717) is 59.6 Å². The molecule has 0 radical (unpaired) electrons. The van der Waals surface area contributed by atoms with Crippen LogP contribution in [0.3, 0.4) is 0 Å². The van der Waals surface area contributed by atoms with Crippen LogP contribution in [0.25, 0.3) is 0 Å². The van der Waals surface area contributed by atoms with Gasteiger partial charge in [0.15, 0.2) is 0 Å². The average Bonchev–Trinajstić information content (AvgIpc) is 1.23. The quantitative estimate of drug-likeness (QED) is 0.212. The molecule has 11 aliphatic rings. The van der Waals surface area contributed by atoms with Crippen LogP contribution in [0, 0.1) is 119 Å². The molecule has 0 heterocycles. The molecule has 0 N–H and O–H groups in total. The second-order valence-corrected chi connectivity index (χ2v) is 47.3. The van der Waals surface area contributed by atoms with Gasteiger partial charge in [-0.2, -0.15) is 0 Å². The second-order valence-electron chi connectivity index (χ2n) is 47.3. The third-order valence-corrected chi connectivity index (χ3v) is 26.0. The highest BCUT2D eigenvalue weighted by Crippen LogP contribution is 2.42. The maximum absolute atomic E-state index is 2.44. The Kier molecular flexibility index (Phi) is 80.8. The van der Waals surface area contributed by atoms with Crippen LogP contribution in [-0.4, -0.2) is 0 Å². The van der Waals surface area contributed by atoms with Crippen molar-refractivity contribution in [1.29, 1.82) is 0 Å². The molecule has 11 rings (SSSR count). The Bertz CT molecular complexity index is 2780. The molecule has 0 fully saturated rings. The van der Waals surface area contributed by atoms with Gasteiger partial charge in [-0.1, -0.05) is 487 Å². The minimum Gasteiger partial charge on any atom is -0.0885 e. The molecule has 0 aromatic carbocycles. The maximum Gasteiger partial charge on any atom is -0.0147 e. The first-order chi connectivity index (χ1) is 51.2. The van der Waals surface area contributed by atoms with Crippen molar-refractivity contribution >= 4 is 0 Å². The Labute approximate surface area is 780 Å². The standard InChI is InChI=1S/2C12H22.2C11H20.C11H18.C10H18.C10H16.2C9H16.2C8H14.11CH4/c2*1-12(2,3)11-9-7-5-4-6-8-10-11;3*1-11(2,3)10-8-6-4-5-7-9-10;2*1-10(2,3)9-7-5-4-6-8-9;2*1-9(2,3)8-6-4-5-7-8;2*1-8(2,3)7-5-4-6-7;;;;;;;;;;;/h7,9,11H,4-6,8,10H2,1-3H3;4-5,11H,6-10H2,1-3H3;6,8,10H,4-5,7,9H2,1-3H3;4,6,10H,5,7-9H2,1-3H3;4-6,8,10H,7,9H2,1-3H3;5,7,9H,4,6,8H2,1-3H3;4-7,9H,8H2,1-3H3;4,6,8H,5,7H2,1-3H3;4-5,8H,6-7H2,1-3H3;5H,4,6H2,1-3H3;4-5,7H,6H2,1-3H3;11*1H4/b9-7-;5-4-;;;;;;;;;;;;;;;;;;;;. The van der Waals surface area contributed by atoms with Crippen molar-refractivity contribution in [3.63, 3.8) is 0 Å². The fourth-order valence-corrected chi connectivity index (χ4v) is 16.2. The molecule has 9 unspecified atom stereocenters. The van der Waals surface area contributed by atoms with E-state index in [4.69, 9.17) is 0 Å². The Morgan fingerprint density at radius 3 is 0.754 bits per heavy atom. The topological polar surface area (TPSA) is 0 Å². The summed E-state index contributed by atoms with van der Waals surface area (Å²) in [6, 6.07) is 0. The smallest absolute Gasteiger partial charge is 0.0147 e.